The summed E-state index contributed by atoms with van der Waals surface area (Å²) in [5.74, 6) is 0.682. The molecule has 1 aliphatic heterocycles. The van der Waals surface area contributed by atoms with Crippen molar-refractivity contribution in [2.75, 3.05) is 13.7 Å². The molecule has 9 nitrogen and oxygen atoms in total. The van der Waals surface area contributed by atoms with Crippen LogP contribution in [-0.2, 0) is 9.53 Å². The van der Waals surface area contributed by atoms with Crippen molar-refractivity contribution in [3.63, 3.8) is 0 Å². The second-order valence-electron chi connectivity index (χ2n) is 10.2. The summed E-state index contributed by atoms with van der Waals surface area (Å²) >= 11 is 1.23. The lowest BCUT2D eigenvalue weighted by Gasteiger charge is -2.25. The van der Waals surface area contributed by atoms with Crippen molar-refractivity contribution in [3.05, 3.63) is 120 Å². The predicted octanol–water partition coefficient (Wildman–Crippen LogP) is 4.81. The number of rotatable bonds is 9. The maximum atomic E-state index is 13.9. The summed E-state index contributed by atoms with van der Waals surface area (Å²) in [6.45, 7) is 7.57. The topological polar surface area (TPSA) is 105 Å². The van der Waals surface area contributed by atoms with Gasteiger partial charge in [-0.15, -0.1) is 0 Å². The first-order valence-corrected chi connectivity index (χ1v) is 14.9. The minimum absolute atomic E-state index is 0.00496. The summed E-state index contributed by atoms with van der Waals surface area (Å²) in [6.07, 6.45) is 1.75. The predicted molar refractivity (Wildman–Crippen MR) is 167 cm³/mol. The van der Waals surface area contributed by atoms with Crippen molar-refractivity contribution in [3.8, 4) is 17.2 Å². The van der Waals surface area contributed by atoms with Crippen LogP contribution in [0.1, 0.15) is 55.2 Å². The second-order valence-corrected chi connectivity index (χ2v) is 11.2. The van der Waals surface area contributed by atoms with Gasteiger partial charge in [0, 0.05) is 0 Å². The Bertz CT molecular complexity index is 1890. The third kappa shape index (κ3) is 6.50. The molecule has 5 rings (SSSR count). The molecule has 44 heavy (non-hydrogen) atoms. The van der Waals surface area contributed by atoms with E-state index in [0.29, 0.717) is 43.4 Å². The van der Waals surface area contributed by atoms with E-state index >= 15 is 0 Å². The van der Waals surface area contributed by atoms with Crippen LogP contribution in [0.3, 0.4) is 0 Å². The van der Waals surface area contributed by atoms with Crippen molar-refractivity contribution in [1.29, 1.82) is 0 Å². The van der Waals surface area contributed by atoms with Crippen LogP contribution in [-0.4, -0.2) is 36.3 Å². The SMILES string of the molecule is CCOC(=O)C1=C(C)N=c2s/c(=C\c3ccc(OC(=O)c4ccc(OC)cc4)cc3)c(=O)n2[C@H]1c1ccc(OC(C)C)cc1. The Hall–Kier alpha value is -4.96. The van der Waals surface area contributed by atoms with E-state index in [4.69, 9.17) is 18.9 Å². The van der Waals surface area contributed by atoms with Gasteiger partial charge in [-0.25, -0.2) is 14.6 Å². The normalized spacial score (nSPS) is 14.6. The van der Waals surface area contributed by atoms with Gasteiger partial charge in [0.2, 0.25) is 0 Å². The van der Waals surface area contributed by atoms with Crippen LogP contribution in [0.4, 0.5) is 0 Å². The number of aromatic nitrogens is 1. The molecule has 0 aliphatic carbocycles. The highest BCUT2D eigenvalue weighted by molar-refractivity contribution is 7.07. The van der Waals surface area contributed by atoms with Crippen LogP contribution < -0.4 is 29.1 Å². The van der Waals surface area contributed by atoms with E-state index in [9.17, 15) is 14.4 Å². The van der Waals surface area contributed by atoms with Crippen LogP contribution in [0.25, 0.3) is 6.08 Å². The van der Waals surface area contributed by atoms with Gasteiger partial charge in [-0.2, -0.15) is 0 Å². The number of carbonyl (C=O) groups is 2. The number of ether oxygens (including phenoxy) is 4. The molecule has 1 aliphatic rings. The summed E-state index contributed by atoms with van der Waals surface area (Å²) in [4.78, 5) is 44.6. The smallest absolute Gasteiger partial charge is 0.343 e. The van der Waals surface area contributed by atoms with Gasteiger partial charge in [-0.05, 0) is 93.4 Å². The lowest BCUT2D eigenvalue weighted by molar-refractivity contribution is -0.139. The third-order valence-corrected chi connectivity index (χ3v) is 7.78. The maximum absolute atomic E-state index is 13.9. The first-order chi connectivity index (χ1) is 21.2. The largest absolute Gasteiger partial charge is 0.497 e. The molecular formula is C34H32N2O7S. The molecule has 1 aromatic heterocycles. The molecule has 3 aromatic carbocycles. The Labute approximate surface area is 258 Å². The second kappa shape index (κ2) is 13.1. The summed E-state index contributed by atoms with van der Waals surface area (Å²) in [5, 5.41) is 0. The number of benzene rings is 3. The third-order valence-electron chi connectivity index (χ3n) is 6.80. The maximum Gasteiger partial charge on any atom is 0.343 e. The minimum atomic E-state index is -0.722. The molecule has 0 N–H and O–H groups in total. The summed E-state index contributed by atoms with van der Waals surface area (Å²) in [5.41, 5.74) is 2.37. The number of fused-ring (bicyclic) bond motifs is 1. The number of esters is 2. The average molecular weight is 613 g/mol. The van der Waals surface area contributed by atoms with Gasteiger partial charge < -0.3 is 18.9 Å². The van der Waals surface area contributed by atoms with Crippen LogP contribution in [0, 0.1) is 0 Å². The molecule has 0 saturated heterocycles. The van der Waals surface area contributed by atoms with Crippen molar-refractivity contribution < 1.29 is 28.5 Å². The van der Waals surface area contributed by atoms with Crippen LogP contribution in [0.15, 0.2) is 93.9 Å². The highest BCUT2D eigenvalue weighted by Crippen LogP contribution is 2.32. The first-order valence-electron chi connectivity index (χ1n) is 14.1. The summed E-state index contributed by atoms with van der Waals surface area (Å²) < 4.78 is 23.8. The molecule has 0 amide bonds. The molecule has 226 valence electrons. The quantitative estimate of drug-likeness (QED) is 0.197. The van der Waals surface area contributed by atoms with Gasteiger partial charge in [0.05, 0.1) is 47.2 Å². The average Bonchev–Trinajstić information content (AvgIpc) is 3.31. The lowest BCUT2D eigenvalue weighted by atomic mass is 9.96. The van der Waals surface area contributed by atoms with Gasteiger partial charge in [0.1, 0.15) is 17.2 Å². The van der Waals surface area contributed by atoms with Gasteiger partial charge >= 0.3 is 11.9 Å². The molecule has 0 radical (unpaired) electrons. The highest BCUT2D eigenvalue weighted by atomic mass is 32.1. The van der Waals surface area contributed by atoms with Crippen LogP contribution >= 0.6 is 11.3 Å². The number of carbonyl (C=O) groups excluding carboxylic acids is 2. The number of nitrogens with zero attached hydrogens (tertiary/aromatic N) is 2. The summed E-state index contributed by atoms with van der Waals surface area (Å²) in [6, 6.07) is 20.1. The number of hydrogen-bond donors (Lipinski definition) is 0. The Balaban J connectivity index is 1.47. The Morgan fingerprint density at radius 1 is 0.932 bits per heavy atom. The van der Waals surface area contributed by atoms with E-state index in [-0.39, 0.29) is 18.3 Å². The fraction of sp³-hybridized carbons (Fsp3) is 0.235. The van der Waals surface area contributed by atoms with E-state index in [2.05, 4.69) is 4.99 Å². The van der Waals surface area contributed by atoms with E-state index in [1.165, 1.54) is 11.3 Å². The number of thiazole rings is 1. The lowest BCUT2D eigenvalue weighted by Crippen LogP contribution is -2.39. The standard InChI is InChI=1S/C34H32N2O7S/c1-6-41-33(39)29-21(4)35-34-36(30(29)23-9-17-26(18-10-23)42-20(2)3)31(37)28(44-34)19-22-7-13-27(14-8-22)43-32(38)24-11-15-25(40-5)16-12-24/h7-20,30H,6H2,1-5H3/b28-19-/t30-/m0/s1. The molecule has 0 saturated carbocycles. The Kier molecular flexibility index (Phi) is 9.10. The molecular weight excluding hydrogens is 580 g/mol. The number of allylic oxidation sites excluding steroid dienone is 1. The van der Waals surface area contributed by atoms with E-state index < -0.39 is 18.0 Å². The number of hydrogen-bond acceptors (Lipinski definition) is 9. The zero-order chi connectivity index (χ0) is 31.4. The fourth-order valence-corrected chi connectivity index (χ4v) is 5.83. The van der Waals surface area contributed by atoms with Crippen molar-refractivity contribution in [2.24, 2.45) is 4.99 Å². The van der Waals surface area contributed by atoms with Gasteiger partial charge in [-0.3, -0.25) is 9.36 Å². The molecule has 0 unspecified atom stereocenters. The minimum Gasteiger partial charge on any atom is -0.497 e. The van der Waals surface area contributed by atoms with E-state index in [1.807, 2.05) is 38.1 Å². The number of methoxy groups -OCH3 is 1. The highest BCUT2D eigenvalue weighted by Gasteiger charge is 2.33. The molecule has 0 fully saturated rings. The van der Waals surface area contributed by atoms with E-state index in [0.717, 1.165) is 11.1 Å². The van der Waals surface area contributed by atoms with Crippen molar-refractivity contribution in [1.82, 2.24) is 4.57 Å². The molecule has 0 bridgehead atoms. The molecule has 1 atom stereocenters. The summed E-state index contributed by atoms with van der Waals surface area (Å²) in [7, 11) is 1.56. The zero-order valence-electron chi connectivity index (χ0n) is 25.0. The first kappa shape index (κ1) is 30.5. The van der Waals surface area contributed by atoms with Crippen LogP contribution in [0.2, 0.25) is 0 Å². The van der Waals surface area contributed by atoms with Gasteiger partial charge in [0.25, 0.3) is 5.56 Å². The van der Waals surface area contributed by atoms with E-state index in [1.54, 1.807) is 80.1 Å². The molecule has 4 aromatic rings. The molecule has 10 heteroatoms. The molecule has 2 heterocycles. The van der Waals surface area contributed by atoms with Crippen molar-refractivity contribution >= 4 is 29.4 Å². The Morgan fingerprint density at radius 3 is 2.18 bits per heavy atom. The van der Waals surface area contributed by atoms with Gasteiger partial charge in [0.15, 0.2) is 4.80 Å². The van der Waals surface area contributed by atoms with Gasteiger partial charge in [-0.1, -0.05) is 35.6 Å². The monoisotopic (exact) mass is 612 g/mol. The van der Waals surface area contributed by atoms with Crippen molar-refractivity contribution in [2.45, 2.75) is 39.8 Å². The zero-order valence-corrected chi connectivity index (χ0v) is 25.8. The fourth-order valence-electron chi connectivity index (χ4n) is 4.78. The molecule has 0 spiro atoms. The van der Waals surface area contributed by atoms with Crippen LogP contribution in [0.5, 0.6) is 17.2 Å². The Morgan fingerprint density at radius 2 is 1.57 bits per heavy atom.